The van der Waals surface area contributed by atoms with Gasteiger partial charge in [-0.2, -0.15) is 0 Å². The van der Waals surface area contributed by atoms with Crippen molar-refractivity contribution < 1.29 is 4.74 Å². The highest BCUT2D eigenvalue weighted by Gasteiger charge is 2.31. The third kappa shape index (κ3) is 3.58. The number of hydrogen-bond donors (Lipinski definition) is 1. The van der Waals surface area contributed by atoms with Gasteiger partial charge >= 0.3 is 0 Å². The largest absolute Gasteiger partial charge is 0.376 e. The summed E-state index contributed by atoms with van der Waals surface area (Å²) in [5, 5.41) is 3.63. The smallest absolute Gasteiger partial charge is 0.0757 e. The van der Waals surface area contributed by atoms with Gasteiger partial charge in [-0.3, -0.25) is 0 Å². The molecule has 1 aliphatic heterocycles. The van der Waals surface area contributed by atoms with Gasteiger partial charge in [0.2, 0.25) is 0 Å². The molecule has 0 aromatic heterocycles. The third-order valence-corrected chi connectivity index (χ3v) is 4.25. The highest BCUT2D eigenvalue weighted by molar-refractivity contribution is 5.31. The highest BCUT2D eigenvalue weighted by atomic mass is 16.5. The van der Waals surface area contributed by atoms with Gasteiger partial charge in [-0.05, 0) is 50.3 Å². The van der Waals surface area contributed by atoms with Gasteiger partial charge in [0.15, 0.2) is 0 Å². The fourth-order valence-electron chi connectivity index (χ4n) is 3.06. The fourth-order valence-corrected chi connectivity index (χ4v) is 3.06. The Morgan fingerprint density at radius 1 is 1.37 bits per heavy atom. The van der Waals surface area contributed by atoms with Gasteiger partial charge < -0.3 is 10.1 Å². The minimum absolute atomic E-state index is 0.361. The van der Waals surface area contributed by atoms with E-state index in [9.17, 15) is 0 Å². The molecule has 1 N–H and O–H groups in total. The molecule has 0 spiro atoms. The van der Waals surface area contributed by atoms with E-state index < -0.39 is 0 Å². The van der Waals surface area contributed by atoms with Gasteiger partial charge in [-0.1, -0.05) is 37.6 Å². The Morgan fingerprint density at radius 3 is 2.79 bits per heavy atom. The molecule has 0 aliphatic carbocycles. The van der Waals surface area contributed by atoms with Crippen LogP contribution in [0.3, 0.4) is 0 Å². The summed E-state index contributed by atoms with van der Waals surface area (Å²) in [5.41, 5.74) is 4.18. The van der Waals surface area contributed by atoms with Crippen molar-refractivity contribution >= 4 is 0 Å². The quantitative estimate of drug-likeness (QED) is 0.878. The van der Waals surface area contributed by atoms with E-state index in [-0.39, 0.29) is 0 Å². The lowest BCUT2D eigenvalue weighted by molar-refractivity contribution is 0.0615. The molecule has 106 valence electrons. The fraction of sp³-hybridized carbons (Fsp3) is 0.647. The van der Waals surface area contributed by atoms with Crippen molar-refractivity contribution in [2.24, 2.45) is 5.92 Å². The summed E-state index contributed by atoms with van der Waals surface area (Å²) in [5.74, 6) is 0.661. The molecule has 2 nitrogen and oxygen atoms in total. The standard InChI is InChI=1S/C17H27NO/c1-5-18-16(17-14(4)8-9-19-17)11-15-10-12(2)6-7-13(15)3/h6-7,10,14,16-18H,5,8-9,11H2,1-4H3. The average molecular weight is 261 g/mol. The van der Waals surface area contributed by atoms with Crippen LogP contribution in [0.2, 0.25) is 0 Å². The van der Waals surface area contributed by atoms with Crippen LogP contribution in [0, 0.1) is 19.8 Å². The van der Waals surface area contributed by atoms with E-state index in [1.54, 1.807) is 0 Å². The molecule has 1 saturated heterocycles. The molecule has 1 heterocycles. The Morgan fingerprint density at radius 2 is 2.16 bits per heavy atom. The molecule has 0 saturated carbocycles. The molecule has 3 unspecified atom stereocenters. The molecular formula is C17H27NO. The van der Waals surface area contributed by atoms with Gasteiger partial charge in [0.1, 0.15) is 0 Å². The van der Waals surface area contributed by atoms with Crippen LogP contribution < -0.4 is 5.32 Å². The van der Waals surface area contributed by atoms with Crippen LogP contribution >= 0.6 is 0 Å². The lowest BCUT2D eigenvalue weighted by Gasteiger charge is -2.27. The maximum Gasteiger partial charge on any atom is 0.0757 e. The summed E-state index contributed by atoms with van der Waals surface area (Å²) in [6.45, 7) is 10.8. The van der Waals surface area contributed by atoms with Gasteiger partial charge in [0.25, 0.3) is 0 Å². The maximum atomic E-state index is 5.96. The van der Waals surface area contributed by atoms with Crippen LogP contribution in [0.4, 0.5) is 0 Å². The predicted octanol–water partition coefficient (Wildman–Crippen LogP) is 3.25. The van der Waals surface area contributed by atoms with Crippen molar-refractivity contribution in [1.82, 2.24) is 5.32 Å². The molecule has 0 bridgehead atoms. The third-order valence-electron chi connectivity index (χ3n) is 4.25. The van der Waals surface area contributed by atoms with E-state index in [0.29, 0.717) is 18.1 Å². The van der Waals surface area contributed by atoms with Crippen molar-refractivity contribution in [1.29, 1.82) is 0 Å². The summed E-state index contributed by atoms with van der Waals surface area (Å²) in [6.07, 6.45) is 2.62. The van der Waals surface area contributed by atoms with E-state index in [0.717, 1.165) is 19.6 Å². The maximum absolute atomic E-state index is 5.96. The van der Waals surface area contributed by atoms with Crippen LogP contribution in [0.15, 0.2) is 18.2 Å². The number of benzene rings is 1. The second-order valence-corrected chi connectivity index (χ2v) is 5.90. The monoisotopic (exact) mass is 261 g/mol. The summed E-state index contributed by atoms with van der Waals surface area (Å²) < 4.78 is 5.96. The molecule has 3 atom stereocenters. The van der Waals surface area contributed by atoms with Gasteiger partial charge in [0, 0.05) is 12.6 Å². The minimum Gasteiger partial charge on any atom is -0.376 e. The normalized spacial score (nSPS) is 24.6. The number of ether oxygens (including phenoxy) is 1. The van der Waals surface area contributed by atoms with Crippen LogP contribution in [0.1, 0.15) is 37.0 Å². The molecule has 0 radical (unpaired) electrons. The lowest BCUT2D eigenvalue weighted by Crippen LogP contribution is -2.43. The first-order valence-electron chi connectivity index (χ1n) is 7.53. The molecule has 1 aromatic carbocycles. The molecular weight excluding hydrogens is 234 g/mol. The molecule has 1 aliphatic rings. The Kier molecular flexibility index (Phi) is 5.00. The Labute approximate surface area is 117 Å². The van der Waals surface area contributed by atoms with Crippen molar-refractivity contribution in [3.8, 4) is 0 Å². The van der Waals surface area contributed by atoms with E-state index in [4.69, 9.17) is 4.74 Å². The van der Waals surface area contributed by atoms with Gasteiger partial charge in [-0.15, -0.1) is 0 Å². The first-order valence-corrected chi connectivity index (χ1v) is 7.53. The molecule has 2 rings (SSSR count). The van der Waals surface area contributed by atoms with Crippen LogP contribution in [-0.4, -0.2) is 25.3 Å². The van der Waals surface area contributed by atoms with E-state index in [1.165, 1.54) is 23.1 Å². The SMILES string of the molecule is CCNC(Cc1cc(C)ccc1C)C1OCCC1C. The zero-order valence-electron chi connectivity index (χ0n) is 12.7. The van der Waals surface area contributed by atoms with E-state index >= 15 is 0 Å². The second-order valence-electron chi connectivity index (χ2n) is 5.90. The lowest BCUT2D eigenvalue weighted by atomic mass is 9.91. The van der Waals surface area contributed by atoms with Crippen LogP contribution in [-0.2, 0) is 11.2 Å². The van der Waals surface area contributed by atoms with E-state index in [1.807, 2.05) is 0 Å². The molecule has 2 heteroatoms. The van der Waals surface area contributed by atoms with Gasteiger partial charge in [-0.25, -0.2) is 0 Å². The number of likely N-dealkylation sites (N-methyl/N-ethyl adjacent to an activating group) is 1. The van der Waals surface area contributed by atoms with Crippen molar-refractivity contribution in [3.05, 3.63) is 34.9 Å². The summed E-state index contributed by atoms with van der Waals surface area (Å²) in [6, 6.07) is 7.17. The minimum atomic E-state index is 0.361. The van der Waals surface area contributed by atoms with Crippen molar-refractivity contribution in [2.75, 3.05) is 13.2 Å². The second kappa shape index (κ2) is 6.53. The number of rotatable bonds is 5. The van der Waals surface area contributed by atoms with Gasteiger partial charge in [0.05, 0.1) is 6.10 Å². The first-order chi connectivity index (χ1) is 9.11. The number of aryl methyl sites for hydroxylation is 2. The molecule has 19 heavy (non-hydrogen) atoms. The average Bonchev–Trinajstić information content (AvgIpc) is 2.79. The molecule has 1 fully saturated rings. The summed E-state index contributed by atoms with van der Waals surface area (Å²) >= 11 is 0. The molecule has 1 aromatic rings. The summed E-state index contributed by atoms with van der Waals surface area (Å²) in [7, 11) is 0. The number of nitrogens with one attached hydrogen (secondary N) is 1. The van der Waals surface area contributed by atoms with Crippen molar-refractivity contribution in [3.63, 3.8) is 0 Å². The van der Waals surface area contributed by atoms with Crippen LogP contribution in [0.5, 0.6) is 0 Å². The van der Waals surface area contributed by atoms with E-state index in [2.05, 4.69) is 51.2 Å². The zero-order chi connectivity index (χ0) is 13.8. The Balaban J connectivity index is 2.13. The highest BCUT2D eigenvalue weighted by Crippen LogP contribution is 2.25. The van der Waals surface area contributed by atoms with Crippen LogP contribution in [0.25, 0.3) is 0 Å². The van der Waals surface area contributed by atoms with Crippen molar-refractivity contribution in [2.45, 2.75) is 52.7 Å². The Hall–Kier alpha value is -0.860. The first kappa shape index (κ1) is 14.5. The summed E-state index contributed by atoms with van der Waals surface area (Å²) in [4.78, 5) is 0. The zero-order valence-corrected chi connectivity index (χ0v) is 12.7. The predicted molar refractivity (Wildman–Crippen MR) is 80.6 cm³/mol. The number of hydrogen-bond acceptors (Lipinski definition) is 2. The topological polar surface area (TPSA) is 21.3 Å². The Bertz CT molecular complexity index is 416. The molecule has 0 amide bonds.